The van der Waals surface area contributed by atoms with Crippen molar-refractivity contribution in [2.75, 3.05) is 5.43 Å². The molecule has 2 bridgehead atoms. The minimum absolute atomic E-state index is 0.0637. The van der Waals surface area contributed by atoms with Gasteiger partial charge in [0.15, 0.2) is 6.20 Å². The van der Waals surface area contributed by atoms with Crippen molar-refractivity contribution >= 4 is 6.29 Å². The fourth-order valence-corrected chi connectivity index (χ4v) is 1.13. The number of carbonyl (C=O) groups excluding carboxylic acids is 1. The Balaban J connectivity index is 2.30. The Morgan fingerprint density at radius 1 is 1.80 bits per heavy atom. The van der Waals surface area contributed by atoms with E-state index in [9.17, 15) is 4.79 Å². The van der Waals surface area contributed by atoms with E-state index >= 15 is 0 Å². The molecule has 1 aliphatic heterocycles. The number of hydrogen-bond donors (Lipinski definition) is 2. The van der Waals surface area contributed by atoms with E-state index in [4.69, 9.17) is 0 Å². The van der Waals surface area contributed by atoms with Gasteiger partial charge in [-0.3, -0.25) is 0 Å². The Bertz CT molecular complexity index is 235. The molecular weight excluding hydrogens is 130 g/mol. The standard InChI is InChI=1S/C6H7N3O/c10-3-6-1-5-2-9(8-6)4-7-5/h2-4,6,8H,1H2/p+1/t6-/m0/s1. The van der Waals surface area contributed by atoms with Gasteiger partial charge in [0.1, 0.15) is 18.0 Å². The second-order valence-corrected chi connectivity index (χ2v) is 2.41. The molecule has 1 aliphatic rings. The van der Waals surface area contributed by atoms with Crippen LogP contribution in [0, 0.1) is 0 Å². The van der Waals surface area contributed by atoms with E-state index in [-0.39, 0.29) is 6.04 Å². The third-order valence-corrected chi connectivity index (χ3v) is 1.60. The molecule has 0 aromatic carbocycles. The Morgan fingerprint density at radius 3 is 3.40 bits per heavy atom. The van der Waals surface area contributed by atoms with Gasteiger partial charge in [-0.15, -0.1) is 4.68 Å². The summed E-state index contributed by atoms with van der Waals surface area (Å²) in [6.45, 7) is 0. The molecule has 52 valence electrons. The summed E-state index contributed by atoms with van der Waals surface area (Å²) in [5.74, 6) is 0. The van der Waals surface area contributed by atoms with Crippen molar-refractivity contribution in [3.8, 4) is 0 Å². The molecule has 0 fully saturated rings. The quantitative estimate of drug-likeness (QED) is 0.385. The van der Waals surface area contributed by atoms with Gasteiger partial charge in [-0.1, -0.05) is 0 Å². The number of nitrogens with zero attached hydrogens (tertiary/aromatic N) is 1. The molecule has 0 spiro atoms. The summed E-state index contributed by atoms with van der Waals surface area (Å²) in [5.41, 5.74) is 4.06. The summed E-state index contributed by atoms with van der Waals surface area (Å²) >= 11 is 0. The topological polar surface area (TPSA) is 48.8 Å². The Morgan fingerprint density at radius 2 is 2.70 bits per heavy atom. The number of imidazole rings is 1. The predicted octanol–water partition coefficient (Wildman–Crippen LogP) is -1.03. The Kier molecular flexibility index (Phi) is 1.00. The number of rotatable bonds is 1. The predicted molar refractivity (Wildman–Crippen MR) is 33.9 cm³/mol. The lowest BCUT2D eigenvalue weighted by Gasteiger charge is -2.09. The molecule has 4 nitrogen and oxygen atoms in total. The van der Waals surface area contributed by atoms with E-state index in [0.717, 1.165) is 18.4 Å². The number of nitrogens with one attached hydrogen (secondary N) is 2. The Hall–Kier alpha value is -1.32. The van der Waals surface area contributed by atoms with E-state index in [1.165, 1.54) is 0 Å². The molecule has 1 aromatic rings. The average molecular weight is 138 g/mol. The zero-order valence-electron chi connectivity index (χ0n) is 5.37. The first kappa shape index (κ1) is 5.46. The largest absolute Gasteiger partial charge is 0.301 e. The van der Waals surface area contributed by atoms with Gasteiger partial charge in [-0.05, 0) is 0 Å². The fraction of sp³-hybridized carbons (Fsp3) is 0.333. The molecular formula is C6H8N3O+. The molecule has 0 saturated heterocycles. The molecule has 0 saturated carbocycles. The van der Waals surface area contributed by atoms with E-state index in [0.29, 0.717) is 0 Å². The molecule has 2 rings (SSSR count). The summed E-state index contributed by atoms with van der Waals surface area (Å²) in [6, 6.07) is -0.0637. The molecule has 4 heteroatoms. The summed E-state index contributed by atoms with van der Waals surface area (Å²) in [4.78, 5) is 13.3. The van der Waals surface area contributed by atoms with Crippen LogP contribution >= 0.6 is 0 Å². The van der Waals surface area contributed by atoms with Crippen LogP contribution in [-0.2, 0) is 11.2 Å². The van der Waals surface area contributed by atoms with Gasteiger partial charge < -0.3 is 4.79 Å². The van der Waals surface area contributed by atoms with Crippen molar-refractivity contribution in [3.05, 3.63) is 18.2 Å². The average Bonchev–Trinajstić information content (AvgIpc) is 2.30. The van der Waals surface area contributed by atoms with E-state index in [1.54, 1.807) is 11.0 Å². The van der Waals surface area contributed by atoms with Crippen molar-refractivity contribution in [1.82, 2.24) is 4.98 Å². The van der Waals surface area contributed by atoms with Crippen LogP contribution in [-0.4, -0.2) is 17.3 Å². The van der Waals surface area contributed by atoms with Crippen molar-refractivity contribution in [1.29, 1.82) is 0 Å². The number of carbonyl (C=O) groups is 1. The monoisotopic (exact) mass is 138 g/mol. The van der Waals surface area contributed by atoms with Crippen molar-refractivity contribution < 1.29 is 9.47 Å². The molecule has 1 atom stereocenters. The first-order chi connectivity index (χ1) is 4.88. The highest BCUT2D eigenvalue weighted by Gasteiger charge is 2.20. The zero-order valence-corrected chi connectivity index (χ0v) is 5.37. The SMILES string of the molecule is O=C[C@@H]1Cc2c[n+](c[nH]2)N1. The molecule has 10 heavy (non-hydrogen) atoms. The van der Waals surface area contributed by atoms with Crippen molar-refractivity contribution in [3.63, 3.8) is 0 Å². The number of fused-ring (bicyclic) bond motifs is 2. The normalized spacial score (nSPS) is 21.8. The molecule has 0 radical (unpaired) electrons. The zero-order chi connectivity index (χ0) is 6.97. The summed E-state index contributed by atoms with van der Waals surface area (Å²) in [6.07, 6.45) is 5.40. The second kappa shape index (κ2) is 1.83. The number of aromatic amines is 1. The van der Waals surface area contributed by atoms with Gasteiger partial charge in [0.2, 0.25) is 0 Å². The highest BCUT2D eigenvalue weighted by Crippen LogP contribution is 1.99. The summed E-state index contributed by atoms with van der Waals surface area (Å²) in [5, 5.41) is 0. The minimum atomic E-state index is -0.0637. The molecule has 1 aromatic heterocycles. The van der Waals surface area contributed by atoms with Crippen LogP contribution < -0.4 is 10.1 Å². The van der Waals surface area contributed by atoms with Crippen LogP contribution in [0.2, 0.25) is 0 Å². The molecule has 2 N–H and O–H groups in total. The first-order valence-electron chi connectivity index (χ1n) is 3.19. The molecule has 0 unspecified atom stereocenters. The minimum Gasteiger partial charge on any atom is -0.301 e. The number of H-pyrrole nitrogens is 1. The third-order valence-electron chi connectivity index (χ3n) is 1.60. The molecule has 0 aliphatic carbocycles. The van der Waals surface area contributed by atoms with Gasteiger partial charge in [-0.2, -0.15) is 0 Å². The van der Waals surface area contributed by atoms with E-state index in [2.05, 4.69) is 10.4 Å². The maximum absolute atomic E-state index is 10.3. The van der Waals surface area contributed by atoms with Crippen LogP contribution in [0.15, 0.2) is 12.5 Å². The molecule has 0 amide bonds. The van der Waals surface area contributed by atoms with E-state index < -0.39 is 0 Å². The van der Waals surface area contributed by atoms with Crippen LogP contribution in [0.3, 0.4) is 0 Å². The van der Waals surface area contributed by atoms with Crippen LogP contribution in [0.25, 0.3) is 0 Å². The first-order valence-corrected chi connectivity index (χ1v) is 3.19. The smallest absolute Gasteiger partial charge is 0.265 e. The van der Waals surface area contributed by atoms with E-state index in [1.807, 2.05) is 6.20 Å². The third kappa shape index (κ3) is 0.689. The fourth-order valence-electron chi connectivity index (χ4n) is 1.13. The number of aromatic nitrogens is 2. The Labute approximate surface area is 57.8 Å². The number of aldehydes is 1. The van der Waals surface area contributed by atoms with Gasteiger partial charge >= 0.3 is 0 Å². The van der Waals surface area contributed by atoms with Crippen LogP contribution in [0.4, 0.5) is 0 Å². The van der Waals surface area contributed by atoms with Gasteiger partial charge in [-0.25, -0.2) is 10.4 Å². The molecule has 2 heterocycles. The van der Waals surface area contributed by atoms with Gasteiger partial charge in [0, 0.05) is 6.42 Å². The lowest BCUT2D eigenvalue weighted by Crippen LogP contribution is -2.52. The number of hydrogen-bond acceptors (Lipinski definition) is 2. The maximum atomic E-state index is 10.3. The summed E-state index contributed by atoms with van der Waals surface area (Å²) < 4.78 is 1.76. The van der Waals surface area contributed by atoms with Gasteiger partial charge in [0.05, 0.1) is 0 Å². The van der Waals surface area contributed by atoms with Crippen molar-refractivity contribution in [2.24, 2.45) is 0 Å². The van der Waals surface area contributed by atoms with Gasteiger partial charge in [0.25, 0.3) is 6.33 Å². The highest BCUT2D eigenvalue weighted by molar-refractivity contribution is 5.59. The lowest BCUT2D eigenvalue weighted by molar-refractivity contribution is -0.652. The second-order valence-electron chi connectivity index (χ2n) is 2.41. The lowest BCUT2D eigenvalue weighted by atomic mass is 10.2. The summed E-state index contributed by atoms with van der Waals surface area (Å²) in [7, 11) is 0. The highest BCUT2D eigenvalue weighted by atomic mass is 16.1. The van der Waals surface area contributed by atoms with Crippen molar-refractivity contribution in [2.45, 2.75) is 12.5 Å². The maximum Gasteiger partial charge on any atom is 0.265 e. The van der Waals surface area contributed by atoms with Crippen LogP contribution in [0.1, 0.15) is 5.69 Å². The van der Waals surface area contributed by atoms with Crippen LogP contribution in [0.5, 0.6) is 0 Å².